The third-order valence-corrected chi connectivity index (χ3v) is 2.49. The maximum absolute atomic E-state index is 13.2. The summed E-state index contributed by atoms with van der Waals surface area (Å²) in [5.41, 5.74) is 2.19. The van der Waals surface area contributed by atoms with Crippen molar-refractivity contribution in [2.24, 2.45) is 0 Å². The zero-order valence-corrected chi connectivity index (χ0v) is 7.31. The van der Waals surface area contributed by atoms with Crippen molar-refractivity contribution in [1.82, 2.24) is 0 Å². The standard InChI is InChI=1S/C11H13F/c1-2-8-3-6-11(12)10(7-8)9-4-5-9/h3,6-7,9H,2,4-5H2,1H3. The first-order valence-corrected chi connectivity index (χ1v) is 4.59. The highest BCUT2D eigenvalue weighted by molar-refractivity contribution is 5.30. The molecule has 0 saturated heterocycles. The summed E-state index contributed by atoms with van der Waals surface area (Å²) in [6.07, 6.45) is 3.34. The van der Waals surface area contributed by atoms with E-state index in [9.17, 15) is 4.39 Å². The second kappa shape index (κ2) is 2.89. The van der Waals surface area contributed by atoms with Crippen molar-refractivity contribution in [2.75, 3.05) is 0 Å². The van der Waals surface area contributed by atoms with Crippen molar-refractivity contribution in [3.05, 3.63) is 35.1 Å². The molecule has 0 nitrogen and oxygen atoms in total. The predicted octanol–water partition coefficient (Wildman–Crippen LogP) is 3.27. The molecular weight excluding hydrogens is 151 g/mol. The third-order valence-electron chi connectivity index (χ3n) is 2.49. The van der Waals surface area contributed by atoms with Crippen molar-refractivity contribution in [3.8, 4) is 0 Å². The molecule has 0 bridgehead atoms. The van der Waals surface area contributed by atoms with Gasteiger partial charge in [-0.25, -0.2) is 4.39 Å². The first kappa shape index (κ1) is 7.78. The van der Waals surface area contributed by atoms with Gasteiger partial charge in [-0.1, -0.05) is 19.1 Å². The molecule has 1 fully saturated rings. The Labute approximate surface area is 72.4 Å². The molecule has 2 rings (SSSR count). The summed E-state index contributed by atoms with van der Waals surface area (Å²) in [6, 6.07) is 5.50. The molecular formula is C11H13F. The lowest BCUT2D eigenvalue weighted by molar-refractivity contribution is 0.610. The van der Waals surface area contributed by atoms with Crippen LogP contribution in [0.25, 0.3) is 0 Å². The normalized spacial score (nSPS) is 16.5. The maximum atomic E-state index is 13.2. The van der Waals surface area contributed by atoms with E-state index in [1.165, 1.54) is 18.4 Å². The summed E-state index contributed by atoms with van der Waals surface area (Å²) in [5.74, 6) is 0.506. The Hall–Kier alpha value is -0.850. The average molecular weight is 164 g/mol. The Morgan fingerprint density at radius 2 is 2.17 bits per heavy atom. The van der Waals surface area contributed by atoms with E-state index < -0.39 is 0 Å². The van der Waals surface area contributed by atoms with E-state index in [-0.39, 0.29) is 5.82 Å². The summed E-state index contributed by atoms with van der Waals surface area (Å²) < 4.78 is 13.2. The Morgan fingerprint density at radius 3 is 2.75 bits per heavy atom. The van der Waals surface area contributed by atoms with Crippen molar-refractivity contribution >= 4 is 0 Å². The van der Waals surface area contributed by atoms with Gasteiger partial charge in [0.15, 0.2) is 0 Å². The maximum Gasteiger partial charge on any atom is 0.126 e. The Kier molecular flexibility index (Phi) is 1.87. The zero-order chi connectivity index (χ0) is 8.55. The molecule has 1 heteroatoms. The van der Waals surface area contributed by atoms with Crippen LogP contribution in [0.4, 0.5) is 4.39 Å². The number of rotatable bonds is 2. The van der Waals surface area contributed by atoms with Crippen molar-refractivity contribution in [3.63, 3.8) is 0 Å². The van der Waals surface area contributed by atoms with E-state index in [1.54, 1.807) is 6.07 Å². The van der Waals surface area contributed by atoms with Crippen molar-refractivity contribution in [2.45, 2.75) is 32.1 Å². The van der Waals surface area contributed by atoms with Gasteiger partial charge < -0.3 is 0 Å². The fourth-order valence-electron chi connectivity index (χ4n) is 1.52. The molecule has 0 heterocycles. The van der Waals surface area contributed by atoms with Gasteiger partial charge in [-0.2, -0.15) is 0 Å². The average Bonchev–Trinajstić information content (AvgIpc) is 2.88. The zero-order valence-electron chi connectivity index (χ0n) is 7.31. The predicted molar refractivity (Wildman–Crippen MR) is 47.8 cm³/mol. The largest absolute Gasteiger partial charge is 0.207 e. The van der Waals surface area contributed by atoms with Crippen LogP contribution in [0.1, 0.15) is 36.8 Å². The number of hydrogen-bond acceptors (Lipinski definition) is 0. The van der Waals surface area contributed by atoms with Crippen molar-refractivity contribution in [1.29, 1.82) is 0 Å². The third kappa shape index (κ3) is 1.36. The molecule has 1 saturated carbocycles. The topological polar surface area (TPSA) is 0 Å². The second-order valence-electron chi connectivity index (χ2n) is 3.48. The SMILES string of the molecule is CCc1ccc(F)c(C2CC2)c1. The Bertz CT molecular complexity index is 287. The van der Waals surface area contributed by atoms with Crippen LogP contribution in [0.15, 0.2) is 18.2 Å². The van der Waals surface area contributed by atoms with Gasteiger partial charge in [0.1, 0.15) is 5.82 Å². The van der Waals surface area contributed by atoms with Crippen LogP contribution in [-0.2, 0) is 6.42 Å². The van der Waals surface area contributed by atoms with E-state index in [1.807, 2.05) is 12.1 Å². The van der Waals surface area contributed by atoms with Gasteiger partial charge in [-0.3, -0.25) is 0 Å². The Balaban J connectivity index is 2.36. The molecule has 0 unspecified atom stereocenters. The first-order chi connectivity index (χ1) is 5.81. The highest BCUT2D eigenvalue weighted by Gasteiger charge is 2.26. The minimum absolute atomic E-state index is 0.0188. The molecule has 0 atom stereocenters. The molecule has 1 aliphatic rings. The van der Waals surface area contributed by atoms with E-state index >= 15 is 0 Å². The van der Waals surface area contributed by atoms with Crippen LogP contribution in [0, 0.1) is 5.82 Å². The van der Waals surface area contributed by atoms with E-state index in [0.29, 0.717) is 5.92 Å². The molecule has 0 aliphatic heterocycles. The summed E-state index contributed by atoms with van der Waals surface area (Å²) in [7, 11) is 0. The highest BCUT2D eigenvalue weighted by Crippen LogP contribution is 2.41. The van der Waals surface area contributed by atoms with Gasteiger partial charge in [-0.15, -0.1) is 0 Å². The van der Waals surface area contributed by atoms with Crippen LogP contribution in [0.2, 0.25) is 0 Å². The van der Waals surface area contributed by atoms with Crippen LogP contribution in [0.3, 0.4) is 0 Å². The van der Waals surface area contributed by atoms with Gasteiger partial charge in [0.25, 0.3) is 0 Å². The summed E-state index contributed by atoms with van der Waals surface area (Å²) in [6.45, 7) is 2.10. The van der Waals surface area contributed by atoms with Crippen LogP contribution < -0.4 is 0 Å². The summed E-state index contributed by atoms with van der Waals surface area (Å²) >= 11 is 0. The highest BCUT2D eigenvalue weighted by atomic mass is 19.1. The lowest BCUT2D eigenvalue weighted by Gasteiger charge is -2.02. The molecule has 1 aliphatic carbocycles. The number of benzene rings is 1. The fourth-order valence-corrected chi connectivity index (χ4v) is 1.52. The Morgan fingerprint density at radius 1 is 1.42 bits per heavy atom. The van der Waals surface area contributed by atoms with Crippen LogP contribution in [-0.4, -0.2) is 0 Å². The van der Waals surface area contributed by atoms with E-state index in [0.717, 1.165) is 12.0 Å². The lowest BCUT2D eigenvalue weighted by Crippen LogP contribution is -1.89. The van der Waals surface area contributed by atoms with Gasteiger partial charge in [-0.05, 0) is 42.4 Å². The molecule has 1 aromatic carbocycles. The van der Waals surface area contributed by atoms with Crippen LogP contribution in [0.5, 0.6) is 0 Å². The lowest BCUT2D eigenvalue weighted by atomic mass is 10.1. The molecule has 0 N–H and O–H groups in total. The fraction of sp³-hybridized carbons (Fsp3) is 0.455. The van der Waals surface area contributed by atoms with Gasteiger partial charge >= 0.3 is 0 Å². The van der Waals surface area contributed by atoms with Crippen molar-refractivity contribution < 1.29 is 4.39 Å². The first-order valence-electron chi connectivity index (χ1n) is 4.59. The second-order valence-corrected chi connectivity index (χ2v) is 3.48. The quantitative estimate of drug-likeness (QED) is 0.629. The number of halogens is 1. The van der Waals surface area contributed by atoms with Crippen LogP contribution >= 0.6 is 0 Å². The molecule has 64 valence electrons. The molecule has 1 aromatic rings. The number of aryl methyl sites for hydroxylation is 1. The molecule has 0 aromatic heterocycles. The van der Waals surface area contributed by atoms with Gasteiger partial charge in [0.2, 0.25) is 0 Å². The molecule has 0 spiro atoms. The molecule has 0 amide bonds. The minimum atomic E-state index is -0.0188. The summed E-state index contributed by atoms with van der Waals surface area (Å²) in [4.78, 5) is 0. The number of hydrogen-bond donors (Lipinski definition) is 0. The van der Waals surface area contributed by atoms with E-state index in [2.05, 4.69) is 6.92 Å². The minimum Gasteiger partial charge on any atom is -0.207 e. The molecule has 0 radical (unpaired) electrons. The molecule has 12 heavy (non-hydrogen) atoms. The summed E-state index contributed by atoms with van der Waals surface area (Å²) in [5, 5.41) is 0. The van der Waals surface area contributed by atoms with Gasteiger partial charge in [0, 0.05) is 0 Å². The monoisotopic (exact) mass is 164 g/mol. The van der Waals surface area contributed by atoms with E-state index in [4.69, 9.17) is 0 Å². The van der Waals surface area contributed by atoms with Gasteiger partial charge in [0.05, 0.1) is 0 Å². The smallest absolute Gasteiger partial charge is 0.126 e.